The van der Waals surface area contributed by atoms with E-state index in [1.165, 1.54) is 0 Å². The first-order chi connectivity index (χ1) is 12.5. The van der Waals surface area contributed by atoms with Crippen LogP contribution in [-0.2, 0) is 28.3 Å². The van der Waals surface area contributed by atoms with E-state index < -0.39 is 18.2 Å². The highest BCUT2D eigenvalue weighted by molar-refractivity contribution is 5.87. The summed E-state index contributed by atoms with van der Waals surface area (Å²) in [7, 11) is 0. The third kappa shape index (κ3) is 1.81. The van der Waals surface area contributed by atoms with Gasteiger partial charge in [-0.1, -0.05) is 18.2 Å². The number of carbonyl (C=O) groups is 1. The molecule has 7 heteroatoms. The number of hydrogen-bond donors (Lipinski definition) is 2. The fourth-order valence-corrected chi connectivity index (χ4v) is 3.74. The molecule has 0 spiro atoms. The highest BCUT2D eigenvalue weighted by Gasteiger charge is 2.46. The quantitative estimate of drug-likeness (QED) is 0.489. The molecule has 0 fully saturated rings. The van der Waals surface area contributed by atoms with Crippen molar-refractivity contribution >= 4 is 16.9 Å². The van der Waals surface area contributed by atoms with Crippen LogP contribution >= 0.6 is 0 Å². The number of rotatable bonds is 1. The molecule has 26 heavy (non-hydrogen) atoms. The monoisotopic (exact) mass is 350 g/mol. The molecule has 5 rings (SSSR count). The number of aliphatic hydroxyl groups is 2. The minimum Gasteiger partial charge on any atom is -0.458 e. The van der Waals surface area contributed by atoms with E-state index in [1.807, 2.05) is 30.3 Å². The topological polar surface area (TPSA) is 102 Å². The molecule has 0 saturated heterocycles. The molecule has 1 aromatic carbocycles. The maximum Gasteiger partial charge on any atom is 0.345 e. The fraction of sp³-hybridized carbons (Fsp3) is 0.211. The summed E-state index contributed by atoms with van der Waals surface area (Å²) in [5.74, 6) is -0.952. The van der Waals surface area contributed by atoms with E-state index in [4.69, 9.17) is 4.74 Å². The van der Waals surface area contributed by atoms with E-state index in [2.05, 4.69) is 4.98 Å². The fourth-order valence-electron chi connectivity index (χ4n) is 3.74. The standard InChI is InChI=1S/C19H14N2O5/c22-9-19(25)13-6-16-11-5-10-3-1-2-4-14(10)20-15(11)7-21(16)17(23)12(13)8-26-18(19)24/h1-6,22,25H,7-9H2/t19-/m0/s1. The highest BCUT2D eigenvalue weighted by Crippen LogP contribution is 2.37. The van der Waals surface area contributed by atoms with Gasteiger partial charge in [-0.05, 0) is 18.2 Å². The van der Waals surface area contributed by atoms with E-state index in [0.717, 1.165) is 22.2 Å². The summed E-state index contributed by atoms with van der Waals surface area (Å²) in [5.41, 5.74) is 0.654. The first-order valence-corrected chi connectivity index (χ1v) is 8.19. The summed E-state index contributed by atoms with van der Waals surface area (Å²) >= 11 is 0. The molecule has 0 unspecified atom stereocenters. The molecular weight excluding hydrogens is 336 g/mol. The Balaban J connectivity index is 1.81. The molecule has 0 saturated carbocycles. The van der Waals surface area contributed by atoms with Gasteiger partial charge in [0, 0.05) is 16.5 Å². The number of aliphatic hydroxyl groups excluding tert-OH is 1. The van der Waals surface area contributed by atoms with Gasteiger partial charge in [0.15, 0.2) is 0 Å². The van der Waals surface area contributed by atoms with Crippen LogP contribution in [0.2, 0.25) is 0 Å². The summed E-state index contributed by atoms with van der Waals surface area (Å²) in [5, 5.41) is 21.1. The summed E-state index contributed by atoms with van der Waals surface area (Å²) in [4.78, 5) is 29.6. The molecule has 2 aliphatic heterocycles. The number of para-hydroxylation sites is 1. The molecule has 2 aromatic heterocycles. The van der Waals surface area contributed by atoms with Crippen LogP contribution in [0.15, 0.2) is 41.2 Å². The highest BCUT2D eigenvalue weighted by atomic mass is 16.6. The van der Waals surface area contributed by atoms with Crippen LogP contribution < -0.4 is 5.56 Å². The van der Waals surface area contributed by atoms with Crippen LogP contribution in [0.3, 0.4) is 0 Å². The van der Waals surface area contributed by atoms with Gasteiger partial charge in [0.2, 0.25) is 5.60 Å². The van der Waals surface area contributed by atoms with Crippen molar-refractivity contribution < 1.29 is 19.7 Å². The Kier molecular flexibility index (Phi) is 2.93. The van der Waals surface area contributed by atoms with Crippen molar-refractivity contribution in [1.29, 1.82) is 0 Å². The van der Waals surface area contributed by atoms with Crippen LogP contribution in [0, 0.1) is 0 Å². The second-order valence-electron chi connectivity index (χ2n) is 6.58. The number of pyridine rings is 2. The molecule has 7 nitrogen and oxygen atoms in total. The molecule has 0 radical (unpaired) electrons. The summed E-state index contributed by atoms with van der Waals surface area (Å²) in [6, 6.07) is 11.2. The van der Waals surface area contributed by atoms with Crippen molar-refractivity contribution in [3.8, 4) is 11.3 Å². The molecule has 2 aliphatic rings. The predicted octanol–water partition coefficient (Wildman–Crippen LogP) is 0.662. The molecular formula is C19H14N2O5. The van der Waals surface area contributed by atoms with Crippen LogP contribution in [0.5, 0.6) is 0 Å². The van der Waals surface area contributed by atoms with Gasteiger partial charge in [0.25, 0.3) is 5.56 Å². The molecule has 3 aromatic rings. The first kappa shape index (κ1) is 15.2. The second kappa shape index (κ2) is 5.00. The van der Waals surface area contributed by atoms with Crippen molar-refractivity contribution in [3.63, 3.8) is 0 Å². The van der Waals surface area contributed by atoms with Gasteiger partial charge in [0.1, 0.15) is 6.61 Å². The normalized spacial score (nSPS) is 20.5. The Morgan fingerprint density at radius 1 is 1.23 bits per heavy atom. The molecule has 130 valence electrons. The summed E-state index contributed by atoms with van der Waals surface area (Å²) < 4.78 is 6.48. The number of benzene rings is 1. The second-order valence-corrected chi connectivity index (χ2v) is 6.58. The van der Waals surface area contributed by atoms with Gasteiger partial charge in [-0.2, -0.15) is 0 Å². The lowest BCUT2D eigenvalue weighted by Crippen LogP contribution is -2.47. The van der Waals surface area contributed by atoms with Crippen LogP contribution in [0.25, 0.3) is 22.2 Å². The lowest BCUT2D eigenvalue weighted by Gasteiger charge is -2.31. The average molecular weight is 350 g/mol. The molecule has 0 aliphatic carbocycles. The molecule has 0 bridgehead atoms. The number of aromatic nitrogens is 2. The van der Waals surface area contributed by atoms with Gasteiger partial charge in [-0.15, -0.1) is 0 Å². The van der Waals surface area contributed by atoms with E-state index in [0.29, 0.717) is 12.2 Å². The van der Waals surface area contributed by atoms with Gasteiger partial charge in [-0.25, -0.2) is 4.79 Å². The van der Waals surface area contributed by atoms with Gasteiger partial charge in [0.05, 0.1) is 35.6 Å². The number of fused-ring (bicyclic) bond motifs is 5. The average Bonchev–Trinajstić information content (AvgIpc) is 3.01. The third-order valence-electron chi connectivity index (χ3n) is 5.15. The Labute approximate surface area is 147 Å². The number of esters is 1. The van der Waals surface area contributed by atoms with Crippen molar-refractivity contribution in [1.82, 2.24) is 9.55 Å². The molecule has 2 N–H and O–H groups in total. The van der Waals surface area contributed by atoms with E-state index >= 15 is 0 Å². The minimum atomic E-state index is -2.23. The number of nitrogens with zero attached hydrogens (tertiary/aromatic N) is 2. The largest absolute Gasteiger partial charge is 0.458 e. The van der Waals surface area contributed by atoms with Crippen molar-refractivity contribution in [3.05, 3.63) is 63.6 Å². The number of ether oxygens (including phenoxy) is 1. The van der Waals surface area contributed by atoms with Gasteiger partial charge >= 0.3 is 5.97 Å². The maximum absolute atomic E-state index is 12.9. The number of carbonyl (C=O) groups excluding carboxylic acids is 1. The van der Waals surface area contributed by atoms with Crippen molar-refractivity contribution in [2.45, 2.75) is 18.8 Å². The van der Waals surface area contributed by atoms with E-state index in [1.54, 1.807) is 10.6 Å². The predicted molar refractivity (Wildman–Crippen MR) is 91.3 cm³/mol. The Bertz CT molecular complexity index is 1170. The van der Waals surface area contributed by atoms with Gasteiger partial charge < -0.3 is 19.5 Å². The SMILES string of the molecule is O=C1OCc2c(cc3n(c2=O)Cc2nc4ccccc4cc2-3)[C@@]1(O)CO. The first-order valence-electron chi connectivity index (χ1n) is 8.19. The Hall–Kier alpha value is -3.03. The Morgan fingerprint density at radius 3 is 2.85 bits per heavy atom. The zero-order valence-corrected chi connectivity index (χ0v) is 13.6. The van der Waals surface area contributed by atoms with E-state index in [9.17, 15) is 19.8 Å². The number of hydrogen-bond acceptors (Lipinski definition) is 6. The van der Waals surface area contributed by atoms with Crippen LogP contribution in [0.4, 0.5) is 0 Å². The molecule has 1 atom stereocenters. The summed E-state index contributed by atoms with van der Waals surface area (Å²) in [6.07, 6.45) is 0. The minimum absolute atomic E-state index is 0.105. The van der Waals surface area contributed by atoms with Gasteiger partial charge in [-0.3, -0.25) is 9.78 Å². The lowest BCUT2D eigenvalue weighted by molar-refractivity contribution is -0.176. The van der Waals surface area contributed by atoms with Crippen molar-refractivity contribution in [2.24, 2.45) is 0 Å². The van der Waals surface area contributed by atoms with E-state index in [-0.39, 0.29) is 23.3 Å². The number of cyclic esters (lactones) is 1. The zero-order chi connectivity index (χ0) is 18.1. The lowest BCUT2D eigenvalue weighted by atomic mass is 9.88. The molecule has 4 heterocycles. The Morgan fingerprint density at radius 2 is 2.04 bits per heavy atom. The van der Waals surface area contributed by atoms with Crippen LogP contribution in [0.1, 0.15) is 16.8 Å². The third-order valence-corrected chi connectivity index (χ3v) is 5.15. The smallest absolute Gasteiger partial charge is 0.345 e. The maximum atomic E-state index is 12.9. The summed E-state index contributed by atoms with van der Waals surface area (Å²) in [6.45, 7) is -0.765. The van der Waals surface area contributed by atoms with Crippen LogP contribution in [-0.4, -0.2) is 32.3 Å². The molecule has 0 amide bonds. The van der Waals surface area contributed by atoms with Crippen molar-refractivity contribution in [2.75, 3.05) is 6.61 Å². The zero-order valence-electron chi connectivity index (χ0n) is 13.6.